The minimum Gasteiger partial charge on any atom is -0.378 e. The van der Waals surface area contributed by atoms with Crippen LogP contribution in [0.4, 0.5) is 8.78 Å². The lowest BCUT2D eigenvalue weighted by molar-refractivity contribution is 0.0903. The number of hydrogen-bond donors (Lipinski definition) is 2. The Morgan fingerprint density at radius 3 is 2.52 bits per heavy atom. The quantitative estimate of drug-likeness (QED) is 0.666. The highest BCUT2D eigenvalue weighted by atomic mass is 32.2. The van der Waals surface area contributed by atoms with Gasteiger partial charge < -0.3 is 5.11 Å². The van der Waals surface area contributed by atoms with Crippen molar-refractivity contribution in [2.24, 2.45) is 0 Å². The van der Waals surface area contributed by atoms with Gasteiger partial charge in [0.25, 0.3) is 0 Å². The van der Waals surface area contributed by atoms with Gasteiger partial charge >= 0.3 is 0 Å². The summed E-state index contributed by atoms with van der Waals surface area (Å²) in [5.41, 5.74) is -1.01. The van der Waals surface area contributed by atoms with Crippen LogP contribution in [0.1, 0.15) is 10.4 Å². The van der Waals surface area contributed by atoms with Gasteiger partial charge in [-0.3, -0.25) is 0 Å². The molecule has 3 aromatic rings. The third-order valence-corrected chi connectivity index (χ3v) is 6.75. The first-order valence-corrected chi connectivity index (χ1v) is 10.4. The van der Waals surface area contributed by atoms with E-state index in [1.807, 2.05) is 0 Å². The number of hydrogen-bond acceptors (Lipinski definition) is 5. The van der Waals surface area contributed by atoms with Crippen molar-refractivity contribution in [1.82, 2.24) is 4.72 Å². The summed E-state index contributed by atoms with van der Waals surface area (Å²) in [7, 11) is -4.12. The molecule has 0 spiro atoms. The molecule has 132 valence electrons. The van der Waals surface area contributed by atoms with Crippen LogP contribution in [0.2, 0.25) is 0 Å². The van der Waals surface area contributed by atoms with Gasteiger partial charge in [-0.15, -0.1) is 11.3 Å². The zero-order valence-corrected chi connectivity index (χ0v) is 15.1. The predicted octanol–water partition coefficient (Wildman–Crippen LogP) is 3.30. The van der Waals surface area contributed by atoms with Gasteiger partial charge in [0.1, 0.15) is 5.60 Å². The van der Waals surface area contributed by atoms with Crippen LogP contribution in [0.3, 0.4) is 0 Å². The molecule has 3 rings (SSSR count). The van der Waals surface area contributed by atoms with Crippen LogP contribution >= 0.6 is 22.7 Å². The maximum Gasteiger partial charge on any atom is 0.240 e. The Kier molecular flexibility index (Phi) is 5.03. The van der Waals surface area contributed by atoms with Crippen molar-refractivity contribution in [3.63, 3.8) is 0 Å². The van der Waals surface area contributed by atoms with E-state index in [2.05, 4.69) is 4.72 Å². The molecule has 1 aromatic carbocycles. The molecule has 1 atom stereocenters. The van der Waals surface area contributed by atoms with E-state index in [0.29, 0.717) is 16.5 Å². The van der Waals surface area contributed by atoms with E-state index < -0.39 is 32.2 Å². The van der Waals surface area contributed by atoms with Gasteiger partial charge in [-0.2, -0.15) is 11.3 Å². The smallest absolute Gasteiger partial charge is 0.240 e. The number of nitrogens with one attached hydrogen (secondary N) is 1. The maximum atomic E-state index is 13.3. The number of sulfonamides is 1. The summed E-state index contributed by atoms with van der Waals surface area (Å²) in [6, 6.07) is 7.47. The zero-order valence-electron chi connectivity index (χ0n) is 12.6. The highest BCUT2D eigenvalue weighted by Crippen LogP contribution is 2.34. The molecule has 4 nitrogen and oxygen atoms in total. The monoisotopic (exact) mass is 401 g/mol. The first kappa shape index (κ1) is 18.2. The molecule has 0 radical (unpaired) electrons. The van der Waals surface area contributed by atoms with Crippen LogP contribution in [0.15, 0.2) is 57.4 Å². The standard InChI is InChI=1S/C16H13F2NO3S3/c17-13-4-3-12(8-14(13)18)25(21,22)19-10-16(20,11-5-7-23-9-11)15-2-1-6-24-15/h1-9,19-20H,10H2. The Balaban J connectivity index is 1.90. The van der Waals surface area contributed by atoms with E-state index in [1.165, 1.54) is 22.7 Å². The molecule has 2 heterocycles. The van der Waals surface area contributed by atoms with E-state index in [9.17, 15) is 22.3 Å². The van der Waals surface area contributed by atoms with Crippen LogP contribution in [0, 0.1) is 11.6 Å². The molecule has 0 amide bonds. The third-order valence-electron chi connectivity index (χ3n) is 3.65. The molecule has 9 heteroatoms. The van der Waals surface area contributed by atoms with Crippen molar-refractivity contribution >= 4 is 32.7 Å². The molecule has 2 N–H and O–H groups in total. The Morgan fingerprint density at radius 2 is 1.92 bits per heavy atom. The zero-order chi connectivity index (χ0) is 18.1. The van der Waals surface area contributed by atoms with E-state index in [0.717, 1.165) is 12.1 Å². The Labute approximate surface area is 151 Å². The molecule has 0 aliphatic carbocycles. The molecule has 25 heavy (non-hydrogen) atoms. The summed E-state index contributed by atoms with van der Waals surface area (Å²) in [4.78, 5) is 0.157. The van der Waals surface area contributed by atoms with Gasteiger partial charge in [-0.05, 0) is 46.5 Å². The summed E-state index contributed by atoms with van der Waals surface area (Å²) in [6.45, 7) is -0.342. The summed E-state index contributed by atoms with van der Waals surface area (Å²) < 4.78 is 53.4. The van der Waals surface area contributed by atoms with Gasteiger partial charge in [0.05, 0.1) is 4.90 Å². The highest BCUT2D eigenvalue weighted by molar-refractivity contribution is 7.89. The highest BCUT2D eigenvalue weighted by Gasteiger charge is 2.34. The minimum atomic E-state index is -4.12. The lowest BCUT2D eigenvalue weighted by Crippen LogP contribution is -2.40. The van der Waals surface area contributed by atoms with Crippen LogP contribution in [-0.2, 0) is 15.6 Å². The Bertz CT molecular complexity index is 920. The second-order valence-electron chi connectivity index (χ2n) is 5.25. The second kappa shape index (κ2) is 6.93. The summed E-state index contributed by atoms with van der Waals surface area (Å²) >= 11 is 2.66. The molecular formula is C16H13F2NO3S3. The van der Waals surface area contributed by atoms with Crippen LogP contribution in [-0.4, -0.2) is 20.1 Å². The molecule has 2 aromatic heterocycles. The van der Waals surface area contributed by atoms with Gasteiger partial charge in [0, 0.05) is 17.0 Å². The van der Waals surface area contributed by atoms with Crippen molar-refractivity contribution < 1.29 is 22.3 Å². The Morgan fingerprint density at radius 1 is 1.12 bits per heavy atom. The predicted molar refractivity (Wildman–Crippen MR) is 93.2 cm³/mol. The van der Waals surface area contributed by atoms with Crippen LogP contribution in [0.25, 0.3) is 0 Å². The second-order valence-corrected chi connectivity index (χ2v) is 8.74. The fourth-order valence-corrected chi connectivity index (χ4v) is 4.91. The average molecular weight is 401 g/mol. The van der Waals surface area contributed by atoms with Crippen molar-refractivity contribution in [3.05, 3.63) is 74.6 Å². The summed E-state index contributed by atoms with van der Waals surface area (Å²) in [5.74, 6) is -2.39. The Hall–Kier alpha value is -1.65. The molecular weight excluding hydrogens is 388 g/mol. The number of aliphatic hydroxyl groups is 1. The van der Waals surface area contributed by atoms with Crippen molar-refractivity contribution in [1.29, 1.82) is 0 Å². The first-order chi connectivity index (χ1) is 11.8. The average Bonchev–Trinajstić information content (AvgIpc) is 3.29. The topological polar surface area (TPSA) is 66.4 Å². The fourth-order valence-electron chi connectivity index (χ4n) is 2.27. The van der Waals surface area contributed by atoms with Gasteiger partial charge in [-0.1, -0.05) is 6.07 Å². The lowest BCUT2D eigenvalue weighted by Gasteiger charge is -2.26. The molecule has 0 aliphatic rings. The summed E-state index contributed by atoms with van der Waals surface area (Å²) in [6.07, 6.45) is 0. The normalized spacial score (nSPS) is 14.4. The number of halogens is 2. The minimum absolute atomic E-state index is 0.342. The third kappa shape index (κ3) is 3.65. The van der Waals surface area contributed by atoms with E-state index >= 15 is 0 Å². The van der Waals surface area contributed by atoms with Gasteiger partial charge in [-0.25, -0.2) is 21.9 Å². The van der Waals surface area contributed by atoms with Crippen molar-refractivity contribution in [2.75, 3.05) is 6.54 Å². The van der Waals surface area contributed by atoms with Gasteiger partial charge in [0.15, 0.2) is 11.6 Å². The number of benzene rings is 1. The largest absolute Gasteiger partial charge is 0.378 e. The van der Waals surface area contributed by atoms with Crippen molar-refractivity contribution in [2.45, 2.75) is 10.5 Å². The van der Waals surface area contributed by atoms with E-state index in [-0.39, 0.29) is 6.54 Å². The lowest BCUT2D eigenvalue weighted by atomic mass is 9.95. The van der Waals surface area contributed by atoms with Crippen LogP contribution < -0.4 is 4.72 Å². The van der Waals surface area contributed by atoms with E-state index in [1.54, 1.807) is 34.3 Å². The molecule has 0 fully saturated rings. The first-order valence-electron chi connectivity index (χ1n) is 7.07. The summed E-state index contributed by atoms with van der Waals surface area (Å²) in [5, 5.41) is 16.4. The van der Waals surface area contributed by atoms with E-state index in [4.69, 9.17) is 0 Å². The fraction of sp³-hybridized carbons (Fsp3) is 0.125. The molecule has 0 bridgehead atoms. The number of thiophene rings is 2. The molecule has 1 unspecified atom stereocenters. The van der Waals surface area contributed by atoms with Gasteiger partial charge in [0.2, 0.25) is 10.0 Å². The molecule has 0 aliphatic heterocycles. The molecule has 0 saturated heterocycles. The van der Waals surface area contributed by atoms with Crippen LogP contribution in [0.5, 0.6) is 0 Å². The molecule has 0 saturated carbocycles. The van der Waals surface area contributed by atoms with Crippen molar-refractivity contribution in [3.8, 4) is 0 Å². The SMILES string of the molecule is O=S(=O)(NCC(O)(c1ccsc1)c1cccs1)c1ccc(F)c(F)c1. The maximum absolute atomic E-state index is 13.3. The number of rotatable bonds is 6.